The van der Waals surface area contributed by atoms with Crippen molar-refractivity contribution in [3.05, 3.63) is 69.5 Å². The number of benzene rings is 2. The van der Waals surface area contributed by atoms with Gasteiger partial charge in [-0.25, -0.2) is 4.68 Å². The molecule has 0 aliphatic carbocycles. The van der Waals surface area contributed by atoms with Crippen LogP contribution in [0, 0.1) is 18.3 Å². The SMILES string of the molecule is Cc1nnnn1CCN1CCN(c2ccc(C#N)cc2Cl)[C@H](c2ccc(Cl)cc2)C1. The fraction of sp³-hybridized carbons (Fsp3) is 0.333. The standard InChI is InChI=1S/C21H21Cl2N7/c1-15-25-26-27-30(15)11-9-28-8-10-29(20-7-2-16(13-24)12-19(20)23)21(14-28)17-3-5-18(22)6-4-17/h2-7,12,21H,8-11,14H2,1H3/t21-/m0/s1. The van der Waals surface area contributed by atoms with Gasteiger partial charge in [0.1, 0.15) is 5.82 Å². The predicted molar refractivity (Wildman–Crippen MR) is 117 cm³/mol. The van der Waals surface area contributed by atoms with Crippen molar-refractivity contribution in [1.82, 2.24) is 25.1 Å². The first kappa shape index (κ1) is 20.6. The van der Waals surface area contributed by atoms with Crippen LogP contribution in [0.4, 0.5) is 5.69 Å². The molecule has 3 aromatic rings. The van der Waals surface area contributed by atoms with Crippen LogP contribution in [-0.4, -0.2) is 51.3 Å². The Bertz CT molecular complexity index is 1060. The summed E-state index contributed by atoms with van der Waals surface area (Å²) in [7, 11) is 0. The van der Waals surface area contributed by atoms with Crippen LogP contribution in [0.25, 0.3) is 0 Å². The van der Waals surface area contributed by atoms with Gasteiger partial charge in [-0.15, -0.1) is 5.10 Å². The molecule has 1 aliphatic rings. The summed E-state index contributed by atoms with van der Waals surface area (Å²) < 4.78 is 1.82. The first-order chi connectivity index (χ1) is 14.5. The van der Waals surface area contributed by atoms with Gasteiger partial charge in [-0.1, -0.05) is 35.3 Å². The maximum atomic E-state index is 9.15. The number of halogens is 2. The lowest BCUT2D eigenvalue weighted by molar-refractivity contribution is 0.212. The zero-order chi connectivity index (χ0) is 21.1. The maximum Gasteiger partial charge on any atom is 0.148 e. The first-order valence-electron chi connectivity index (χ1n) is 9.72. The molecule has 1 atom stereocenters. The van der Waals surface area contributed by atoms with E-state index in [-0.39, 0.29) is 6.04 Å². The summed E-state index contributed by atoms with van der Waals surface area (Å²) in [6.07, 6.45) is 0. The van der Waals surface area contributed by atoms with Gasteiger partial charge >= 0.3 is 0 Å². The Hall–Kier alpha value is -2.66. The van der Waals surface area contributed by atoms with E-state index in [0.717, 1.165) is 44.2 Å². The van der Waals surface area contributed by atoms with Gasteiger partial charge in [0.15, 0.2) is 0 Å². The van der Waals surface area contributed by atoms with Gasteiger partial charge < -0.3 is 4.90 Å². The van der Waals surface area contributed by atoms with Crippen LogP contribution in [0.5, 0.6) is 0 Å². The van der Waals surface area contributed by atoms with Crippen molar-refractivity contribution in [2.45, 2.75) is 19.5 Å². The maximum absolute atomic E-state index is 9.15. The summed E-state index contributed by atoms with van der Waals surface area (Å²) in [5, 5.41) is 22.2. The Morgan fingerprint density at radius 2 is 1.90 bits per heavy atom. The highest BCUT2D eigenvalue weighted by Crippen LogP contribution is 2.36. The van der Waals surface area contributed by atoms with Crippen LogP contribution in [0.15, 0.2) is 42.5 Å². The fourth-order valence-electron chi connectivity index (χ4n) is 3.80. The molecule has 0 saturated carbocycles. The number of nitrogens with zero attached hydrogens (tertiary/aromatic N) is 7. The Morgan fingerprint density at radius 1 is 1.10 bits per heavy atom. The topological polar surface area (TPSA) is 73.9 Å². The van der Waals surface area contributed by atoms with Crippen molar-refractivity contribution in [2.24, 2.45) is 0 Å². The van der Waals surface area contributed by atoms with Gasteiger partial charge in [0, 0.05) is 31.2 Å². The van der Waals surface area contributed by atoms with E-state index in [1.165, 1.54) is 5.56 Å². The minimum absolute atomic E-state index is 0.108. The number of rotatable bonds is 5. The molecule has 2 aromatic carbocycles. The molecule has 30 heavy (non-hydrogen) atoms. The third kappa shape index (κ3) is 4.41. The number of piperazine rings is 1. The lowest BCUT2D eigenvalue weighted by Gasteiger charge is -2.43. The van der Waals surface area contributed by atoms with Crippen molar-refractivity contribution in [3.63, 3.8) is 0 Å². The summed E-state index contributed by atoms with van der Waals surface area (Å²) >= 11 is 12.7. The average molecular weight is 442 g/mol. The highest BCUT2D eigenvalue weighted by molar-refractivity contribution is 6.33. The summed E-state index contributed by atoms with van der Waals surface area (Å²) in [5.41, 5.74) is 2.66. The Kier molecular flexibility index (Phi) is 6.18. The molecule has 9 heteroatoms. The van der Waals surface area contributed by atoms with Crippen molar-refractivity contribution in [1.29, 1.82) is 5.26 Å². The second-order valence-electron chi connectivity index (χ2n) is 7.29. The van der Waals surface area contributed by atoms with E-state index in [1.54, 1.807) is 6.07 Å². The monoisotopic (exact) mass is 441 g/mol. The van der Waals surface area contributed by atoms with Gasteiger partial charge in [0.25, 0.3) is 0 Å². The molecule has 1 aliphatic heterocycles. The highest BCUT2D eigenvalue weighted by atomic mass is 35.5. The fourth-order valence-corrected chi connectivity index (χ4v) is 4.22. The van der Waals surface area contributed by atoms with E-state index in [0.29, 0.717) is 15.6 Å². The zero-order valence-electron chi connectivity index (χ0n) is 16.5. The van der Waals surface area contributed by atoms with E-state index in [9.17, 15) is 0 Å². The zero-order valence-corrected chi connectivity index (χ0v) is 18.1. The number of aryl methyl sites for hydroxylation is 1. The van der Waals surface area contributed by atoms with E-state index in [4.69, 9.17) is 28.5 Å². The van der Waals surface area contributed by atoms with Gasteiger partial charge in [-0.2, -0.15) is 5.26 Å². The smallest absolute Gasteiger partial charge is 0.148 e. The van der Waals surface area contributed by atoms with E-state index < -0.39 is 0 Å². The van der Waals surface area contributed by atoms with Gasteiger partial charge in [0.2, 0.25) is 0 Å². The molecule has 0 amide bonds. The van der Waals surface area contributed by atoms with Crippen LogP contribution in [-0.2, 0) is 6.54 Å². The molecule has 1 saturated heterocycles. The van der Waals surface area contributed by atoms with E-state index in [2.05, 4.69) is 43.5 Å². The Labute approximate surface area is 185 Å². The summed E-state index contributed by atoms with van der Waals surface area (Å²) in [6.45, 7) is 6.03. The van der Waals surface area contributed by atoms with Crippen molar-refractivity contribution >= 4 is 28.9 Å². The molecule has 154 valence electrons. The molecule has 0 radical (unpaired) electrons. The molecule has 2 heterocycles. The van der Waals surface area contributed by atoms with Crippen LogP contribution < -0.4 is 4.90 Å². The van der Waals surface area contributed by atoms with Gasteiger partial charge in [0.05, 0.1) is 34.9 Å². The van der Waals surface area contributed by atoms with E-state index >= 15 is 0 Å². The van der Waals surface area contributed by atoms with Crippen molar-refractivity contribution < 1.29 is 0 Å². The quantitative estimate of drug-likeness (QED) is 0.600. The summed E-state index contributed by atoms with van der Waals surface area (Å²) in [5.74, 6) is 0.812. The number of anilines is 1. The number of hydrogen-bond acceptors (Lipinski definition) is 6. The Morgan fingerprint density at radius 3 is 2.57 bits per heavy atom. The molecular weight excluding hydrogens is 421 g/mol. The van der Waals surface area contributed by atoms with Crippen LogP contribution in [0.3, 0.4) is 0 Å². The Balaban J connectivity index is 1.58. The largest absolute Gasteiger partial charge is 0.361 e. The van der Waals surface area contributed by atoms with Crippen molar-refractivity contribution in [2.75, 3.05) is 31.1 Å². The number of hydrogen-bond donors (Lipinski definition) is 0. The van der Waals surface area contributed by atoms with Gasteiger partial charge in [-0.05, 0) is 53.2 Å². The number of tetrazole rings is 1. The van der Waals surface area contributed by atoms with Gasteiger partial charge in [-0.3, -0.25) is 4.90 Å². The number of nitriles is 1. The van der Waals surface area contributed by atoms with Crippen LogP contribution in [0.2, 0.25) is 10.0 Å². The predicted octanol–water partition coefficient (Wildman–Crippen LogP) is 3.72. The molecule has 0 unspecified atom stereocenters. The van der Waals surface area contributed by atoms with Crippen LogP contribution in [0.1, 0.15) is 23.0 Å². The lowest BCUT2D eigenvalue weighted by Crippen LogP contribution is -2.49. The lowest BCUT2D eigenvalue weighted by atomic mass is 10.0. The normalized spacial score (nSPS) is 17.1. The third-order valence-electron chi connectivity index (χ3n) is 5.44. The molecule has 0 bridgehead atoms. The molecular formula is C21H21Cl2N7. The minimum atomic E-state index is 0.108. The molecule has 0 N–H and O–H groups in total. The highest BCUT2D eigenvalue weighted by Gasteiger charge is 2.29. The number of aromatic nitrogens is 4. The molecule has 1 aromatic heterocycles. The first-order valence-corrected chi connectivity index (χ1v) is 10.5. The molecule has 4 rings (SSSR count). The molecule has 0 spiro atoms. The summed E-state index contributed by atoms with van der Waals surface area (Å²) in [4.78, 5) is 4.72. The third-order valence-corrected chi connectivity index (χ3v) is 6.00. The molecule has 1 fully saturated rings. The average Bonchev–Trinajstić information content (AvgIpc) is 3.17. The summed E-state index contributed by atoms with van der Waals surface area (Å²) in [6, 6.07) is 15.7. The second kappa shape index (κ2) is 9.00. The minimum Gasteiger partial charge on any atom is -0.361 e. The molecule has 7 nitrogen and oxygen atoms in total. The van der Waals surface area contributed by atoms with Crippen molar-refractivity contribution in [3.8, 4) is 6.07 Å². The second-order valence-corrected chi connectivity index (χ2v) is 8.13. The van der Waals surface area contributed by atoms with Crippen LogP contribution >= 0.6 is 23.2 Å². The van der Waals surface area contributed by atoms with E-state index in [1.807, 2.05) is 35.9 Å².